The predicted molar refractivity (Wildman–Crippen MR) is 107 cm³/mol. The molecule has 2 aliphatic rings. The fraction of sp³-hybridized carbons (Fsp3) is 0.700. The first-order valence-corrected chi connectivity index (χ1v) is 10.6. The van der Waals surface area contributed by atoms with E-state index in [0.717, 1.165) is 25.9 Å². The summed E-state index contributed by atoms with van der Waals surface area (Å²) in [6.07, 6.45) is 1.56. The lowest BCUT2D eigenvalue weighted by Gasteiger charge is -2.42. The second-order valence-corrected chi connectivity index (χ2v) is 9.42. The third-order valence-electron chi connectivity index (χ3n) is 6.35. The van der Waals surface area contributed by atoms with E-state index in [-0.39, 0.29) is 17.2 Å². The van der Waals surface area contributed by atoms with E-state index in [1.165, 1.54) is 4.88 Å². The molecule has 1 atom stereocenters. The molecule has 6 nitrogen and oxygen atoms in total. The normalized spacial score (nSPS) is 22.9. The standard InChI is InChI=1S/C20H31N3O3S/c1-15(2)21(3)13-18(24)23-8-6-20(7-9-23)14-22(12-17(20)19(25)26)11-16-5-4-10-27-16/h4-5,10,15,17H,6-9,11-14H2,1-3H3,(H,25,26). The molecule has 1 spiro atoms. The lowest BCUT2D eigenvalue weighted by atomic mass is 9.71. The number of rotatable bonds is 6. The van der Waals surface area contributed by atoms with Gasteiger partial charge in [0.2, 0.25) is 5.91 Å². The Morgan fingerprint density at radius 3 is 2.63 bits per heavy atom. The maximum atomic E-state index is 12.6. The maximum Gasteiger partial charge on any atom is 0.308 e. The summed E-state index contributed by atoms with van der Waals surface area (Å²) in [4.78, 5) is 32.0. The number of likely N-dealkylation sites (tertiary alicyclic amines) is 2. The van der Waals surface area contributed by atoms with Gasteiger partial charge in [0, 0.05) is 49.1 Å². The highest BCUT2D eigenvalue weighted by Gasteiger charge is 2.51. The summed E-state index contributed by atoms with van der Waals surface area (Å²) in [6, 6.07) is 4.48. The minimum atomic E-state index is -0.692. The third-order valence-corrected chi connectivity index (χ3v) is 7.22. The van der Waals surface area contributed by atoms with Gasteiger partial charge in [-0.05, 0) is 45.2 Å². The van der Waals surface area contributed by atoms with E-state index in [1.54, 1.807) is 11.3 Å². The molecule has 27 heavy (non-hydrogen) atoms. The van der Waals surface area contributed by atoms with Crippen LogP contribution in [0.25, 0.3) is 0 Å². The molecular weight excluding hydrogens is 362 g/mol. The summed E-state index contributed by atoms with van der Waals surface area (Å²) in [7, 11) is 1.97. The van der Waals surface area contributed by atoms with Gasteiger partial charge < -0.3 is 10.0 Å². The Morgan fingerprint density at radius 2 is 2.07 bits per heavy atom. The first kappa shape index (κ1) is 20.3. The Balaban J connectivity index is 1.62. The lowest BCUT2D eigenvalue weighted by molar-refractivity contribution is -0.146. The molecular formula is C20H31N3O3S. The Hall–Kier alpha value is -1.44. The molecule has 2 saturated heterocycles. The topological polar surface area (TPSA) is 64.1 Å². The quantitative estimate of drug-likeness (QED) is 0.803. The van der Waals surface area contributed by atoms with Gasteiger partial charge in [0.25, 0.3) is 0 Å². The molecule has 1 amide bonds. The van der Waals surface area contributed by atoms with Crippen LogP contribution in [0.15, 0.2) is 17.5 Å². The van der Waals surface area contributed by atoms with Gasteiger partial charge >= 0.3 is 5.97 Å². The number of hydrogen-bond donors (Lipinski definition) is 1. The van der Waals surface area contributed by atoms with Gasteiger partial charge in [0.15, 0.2) is 0 Å². The van der Waals surface area contributed by atoms with Crippen molar-refractivity contribution >= 4 is 23.2 Å². The summed E-state index contributed by atoms with van der Waals surface area (Å²) in [5, 5.41) is 11.9. The number of piperidine rings is 1. The van der Waals surface area contributed by atoms with Crippen LogP contribution in [0.3, 0.4) is 0 Å². The smallest absolute Gasteiger partial charge is 0.308 e. The second kappa shape index (κ2) is 8.29. The number of likely N-dealkylation sites (N-methyl/N-ethyl adjacent to an activating group) is 1. The summed E-state index contributed by atoms with van der Waals surface area (Å²) in [6.45, 7) is 8.17. The van der Waals surface area contributed by atoms with Crippen LogP contribution in [-0.4, -0.2) is 77.5 Å². The van der Waals surface area contributed by atoms with Crippen molar-refractivity contribution in [1.82, 2.24) is 14.7 Å². The average molecular weight is 394 g/mol. The van der Waals surface area contributed by atoms with Crippen molar-refractivity contribution < 1.29 is 14.7 Å². The Morgan fingerprint density at radius 1 is 1.37 bits per heavy atom. The van der Waals surface area contributed by atoms with Gasteiger partial charge in [0.1, 0.15) is 0 Å². The molecule has 1 aromatic heterocycles. The van der Waals surface area contributed by atoms with E-state index < -0.39 is 5.97 Å². The van der Waals surface area contributed by atoms with Crippen molar-refractivity contribution in [2.24, 2.45) is 11.3 Å². The molecule has 7 heteroatoms. The van der Waals surface area contributed by atoms with E-state index in [1.807, 2.05) is 22.9 Å². The van der Waals surface area contributed by atoms with E-state index in [4.69, 9.17) is 0 Å². The summed E-state index contributed by atoms with van der Waals surface area (Å²) < 4.78 is 0. The molecule has 3 rings (SSSR count). The SMILES string of the molecule is CC(C)N(C)CC(=O)N1CCC2(CC1)CN(Cc1cccs1)CC2C(=O)O. The van der Waals surface area contributed by atoms with E-state index in [0.29, 0.717) is 32.2 Å². The molecule has 3 heterocycles. The predicted octanol–water partition coefficient (Wildman–Crippen LogP) is 2.21. The molecule has 0 saturated carbocycles. The Bertz CT molecular complexity index is 653. The van der Waals surface area contributed by atoms with Crippen molar-refractivity contribution in [1.29, 1.82) is 0 Å². The van der Waals surface area contributed by atoms with Crippen LogP contribution >= 0.6 is 11.3 Å². The van der Waals surface area contributed by atoms with Crippen LogP contribution in [0.2, 0.25) is 0 Å². The summed E-state index contributed by atoms with van der Waals surface area (Å²) in [5.41, 5.74) is -0.205. The van der Waals surface area contributed by atoms with Gasteiger partial charge in [0.05, 0.1) is 12.5 Å². The van der Waals surface area contributed by atoms with Crippen LogP contribution in [0.4, 0.5) is 0 Å². The number of carbonyl (C=O) groups is 2. The van der Waals surface area contributed by atoms with Gasteiger partial charge in [-0.1, -0.05) is 6.07 Å². The Labute approximate surface area is 165 Å². The fourth-order valence-corrected chi connectivity index (χ4v) is 5.11. The molecule has 2 aliphatic heterocycles. The van der Waals surface area contributed by atoms with Crippen LogP contribution in [0.1, 0.15) is 31.6 Å². The fourth-order valence-electron chi connectivity index (χ4n) is 4.36. The minimum Gasteiger partial charge on any atom is -0.481 e. The second-order valence-electron chi connectivity index (χ2n) is 8.39. The van der Waals surface area contributed by atoms with Crippen molar-refractivity contribution in [2.75, 3.05) is 39.8 Å². The number of nitrogens with zero attached hydrogens (tertiary/aromatic N) is 3. The molecule has 0 bridgehead atoms. The number of amides is 1. The molecule has 0 aliphatic carbocycles. The molecule has 150 valence electrons. The lowest BCUT2D eigenvalue weighted by Crippen LogP contribution is -2.50. The zero-order valence-electron chi connectivity index (χ0n) is 16.6. The first-order valence-electron chi connectivity index (χ1n) is 9.76. The van der Waals surface area contributed by atoms with Crippen molar-refractivity contribution in [3.8, 4) is 0 Å². The van der Waals surface area contributed by atoms with Crippen molar-refractivity contribution in [2.45, 2.75) is 39.3 Å². The average Bonchev–Trinajstić information content (AvgIpc) is 3.24. The molecule has 0 aromatic carbocycles. The van der Waals surface area contributed by atoms with Crippen LogP contribution in [0.5, 0.6) is 0 Å². The van der Waals surface area contributed by atoms with Crippen LogP contribution < -0.4 is 0 Å². The van der Waals surface area contributed by atoms with Crippen LogP contribution in [-0.2, 0) is 16.1 Å². The van der Waals surface area contributed by atoms with Gasteiger partial charge in [-0.15, -0.1) is 11.3 Å². The van der Waals surface area contributed by atoms with Gasteiger partial charge in [-0.2, -0.15) is 0 Å². The van der Waals surface area contributed by atoms with Gasteiger partial charge in [-0.25, -0.2) is 0 Å². The monoisotopic (exact) mass is 393 g/mol. The molecule has 0 radical (unpaired) electrons. The van der Waals surface area contributed by atoms with Crippen molar-refractivity contribution in [3.63, 3.8) is 0 Å². The highest BCUT2D eigenvalue weighted by Crippen LogP contribution is 2.45. The number of carboxylic acid groups (broad SMARTS) is 1. The zero-order valence-corrected chi connectivity index (χ0v) is 17.4. The first-order chi connectivity index (χ1) is 12.8. The van der Waals surface area contributed by atoms with E-state index in [2.05, 4.69) is 30.2 Å². The number of carboxylic acids is 1. The largest absolute Gasteiger partial charge is 0.481 e. The van der Waals surface area contributed by atoms with E-state index in [9.17, 15) is 14.7 Å². The minimum absolute atomic E-state index is 0.154. The van der Waals surface area contributed by atoms with Crippen LogP contribution in [0, 0.1) is 11.3 Å². The number of aliphatic carboxylic acids is 1. The third kappa shape index (κ3) is 4.52. The summed E-state index contributed by atoms with van der Waals surface area (Å²) in [5.74, 6) is -0.877. The molecule has 1 unspecified atom stereocenters. The molecule has 1 aromatic rings. The summed E-state index contributed by atoms with van der Waals surface area (Å²) >= 11 is 1.72. The number of thiophene rings is 1. The van der Waals surface area contributed by atoms with Gasteiger partial charge in [-0.3, -0.25) is 19.4 Å². The maximum absolute atomic E-state index is 12.6. The highest BCUT2D eigenvalue weighted by molar-refractivity contribution is 7.09. The number of hydrogen-bond acceptors (Lipinski definition) is 5. The highest BCUT2D eigenvalue weighted by atomic mass is 32.1. The van der Waals surface area contributed by atoms with Crippen molar-refractivity contribution in [3.05, 3.63) is 22.4 Å². The molecule has 1 N–H and O–H groups in total. The molecule has 2 fully saturated rings. The Kier molecular flexibility index (Phi) is 6.23. The number of carbonyl (C=O) groups excluding carboxylic acids is 1. The van der Waals surface area contributed by atoms with E-state index >= 15 is 0 Å². The zero-order chi connectivity index (χ0) is 19.6.